The van der Waals surface area contributed by atoms with Crippen LogP contribution in [-0.4, -0.2) is 38.1 Å². The summed E-state index contributed by atoms with van der Waals surface area (Å²) in [6.45, 7) is 4.53. The minimum absolute atomic E-state index is 0.531. The molecule has 0 spiro atoms. The van der Waals surface area contributed by atoms with Crippen LogP contribution in [0.3, 0.4) is 0 Å². The lowest BCUT2D eigenvalue weighted by Gasteiger charge is -2.23. The first kappa shape index (κ1) is 13.2. The topological polar surface area (TPSA) is 30.3 Å². The van der Waals surface area contributed by atoms with E-state index in [4.69, 9.17) is 16.9 Å². The van der Waals surface area contributed by atoms with Gasteiger partial charge in [0, 0.05) is 25.8 Å². The van der Waals surface area contributed by atoms with Gasteiger partial charge in [0.15, 0.2) is 0 Å². The van der Waals surface area contributed by atoms with Gasteiger partial charge < -0.3 is 9.80 Å². The van der Waals surface area contributed by atoms with Gasteiger partial charge in [0.1, 0.15) is 6.07 Å². The van der Waals surface area contributed by atoms with Crippen LogP contribution in [-0.2, 0) is 0 Å². The molecule has 0 aromatic heterocycles. The Morgan fingerprint density at radius 1 is 1.39 bits per heavy atom. The molecule has 1 saturated heterocycles. The highest BCUT2D eigenvalue weighted by Gasteiger charge is 2.12. The van der Waals surface area contributed by atoms with Crippen molar-refractivity contribution in [2.24, 2.45) is 0 Å². The van der Waals surface area contributed by atoms with Crippen LogP contribution in [0.25, 0.3) is 0 Å². The van der Waals surface area contributed by atoms with Gasteiger partial charge in [0.2, 0.25) is 0 Å². The number of anilines is 1. The molecule has 1 aromatic carbocycles. The fourth-order valence-corrected chi connectivity index (χ4v) is 2.48. The Hall–Kier alpha value is -1.24. The first-order valence-electron chi connectivity index (χ1n) is 6.34. The Labute approximate surface area is 114 Å². The smallest absolute Gasteiger partial charge is 0.101 e. The third kappa shape index (κ3) is 3.16. The Morgan fingerprint density at radius 2 is 2.11 bits per heavy atom. The maximum atomic E-state index is 8.84. The average Bonchev–Trinajstić information content (AvgIpc) is 2.89. The molecule has 2 rings (SSSR count). The summed E-state index contributed by atoms with van der Waals surface area (Å²) in [5.41, 5.74) is 1.60. The molecule has 0 bridgehead atoms. The van der Waals surface area contributed by atoms with Crippen LogP contribution in [0.2, 0.25) is 5.02 Å². The van der Waals surface area contributed by atoms with Crippen LogP contribution in [0.1, 0.15) is 18.4 Å². The monoisotopic (exact) mass is 263 g/mol. The number of hydrogen-bond donors (Lipinski definition) is 0. The van der Waals surface area contributed by atoms with E-state index in [1.165, 1.54) is 25.9 Å². The van der Waals surface area contributed by atoms with Crippen LogP contribution >= 0.6 is 11.6 Å². The Kier molecular flexibility index (Phi) is 4.46. The molecule has 0 atom stereocenters. The number of nitrogens with zero attached hydrogens (tertiary/aromatic N) is 3. The molecule has 1 aromatic rings. The van der Waals surface area contributed by atoms with Crippen LogP contribution in [0.15, 0.2) is 18.2 Å². The largest absolute Gasteiger partial charge is 0.373 e. The summed E-state index contributed by atoms with van der Waals surface area (Å²) in [5, 5.41) is 9.37. The average molecular weight is 264 g/mol. The molecule has 96 valence electrons. The van der Waals surface area contributed by atoms with Gasteiger partial charge in [0.25, 0.3) is 0 Å². The minimum Gasteiger partial charge on any atom is -0.373 e. The number of likely N-dealkylation sites (tertiary alicyclic amines) is 1. The van der Waals surface area contributed by atoms with Gasteiger partial charge in [-0.3, -0.25) is 0 Å². The van der Waals surface area contributed by atoms with Gasteiger partial charge in [-0.1, -0.05) is 11.6 Å². The van der Waals surface area contributed by atoms with Crippen molar-refractivity contribution in [3.05, 3.63) is 28.8 Å². The summed E-state index contributed by atoms with van der Waals surface area (Å²) in [7, 11) is 2.06. The highest BCUT2D eigenvalue weighted by molar-refractivity contribution is 6.32. The van der Waals surface area contributed by atoms with E-state index >= 15 is 0 Å². The van der Waals surface area contributed by atoms with E-state index < -0.39 is 0 Å². The second-order valence-electron chi connectivity index (χ2n) is 4.75. The molecule has 1 aliphatic heterocycles. The van der Waals surface area contributed by atoms with Crippen molar-refractivity contribution in [3.8, 4) is 6.07 Å². The molecular formula is C14H18ClN3. The standard InChI is InChI=1S/C14H18ClN3/c1-17(8-9-18-6-2-3-7-18)13-5-4-12(11-16)14(15)10-13/h4-5,10H,2-3,6-9H2,1H3. The molecule has 0 saturated carbocycles. The molecule has 1 aliphatic rings. The normalized spacial score (nSPS) is 15.6. The summed E-state index contributed by atoms with van der Waals surface area (Å²) in [6, 6.07) is 7.68. The zero-order valence-corrected chi connectivity index (χ0v) is 11.5. The quantitative estimate of drug-likeness (QED) is 0.837. The summed E-state index contributed by atoms with van der Waals surface area (Å²) in [6.07, 6.45) is 2.65. The van der Waals surface area contributed by atoms with Gasteiger partial charge in [-0.05, 0) is 44.1 Å². The van der Waals surface area contributed by atoms with E-state index in [1.54, 1.807) is 6.07 Å². The highest BCUT2D eigenvalue weighted by Crippen LogP contribution is 2.22. The number of rotatable bonds is 4. The molecule has 1 fully saturated rings. The summed E-state index contributed by atoms with van der Waals surface area (Å²) >= 11 is 6.04. The second-order valence-corrected chi connectivity index (χ2v) is 5.15. The maximum absolute atomic E-state index is 8.84. The van der Waals surface area contributed by atoms with E-state index in [0.717, 1.165) is 18.8 Å². The van der Waals surface area contributed by atoms with Crippen molar-refractivity contribution < 1.29 is 0 Å². The summed E-state index contributed by atoms with van der Waals surface area (Å²) in [5.74, 6) is 0. The fraction of sp³-hybridized carbons (Fsp3) is 0.500. The summed E-state index contributed by atoms with van der Waals surface area (Å²) in [4.78, 5) is 4.67. The van der Waals surface area contributed by atoms with Gasteiger partial charge in [0.05, 0.1) is 10.6 Å². The number of nitriles is 1. The van der Waals surface area contributed by atoms with Gasteiger partial charge in [-0.2, -0.15) is 5.26 Å². The first-order chi connectivity index (χ1) is 8.70. The molecule has 0 amide bonds. The predicted octanol–water partition coefficient (Wildman–Crippen LogP) is 2.74. The molecule has 4 heteroatoms. The van der Waals surface area contributed by atoms with Gasteiger partial charge in [-0.15, -0.1) is 0 Å². The molecular weight excluding hydrogens is 246 g/mol. The van der Waals surface area contributed by atoms with Crippen LogP contribution in [0.5, 0.6) is 0 Å². The third-order valence-electron chi connectivity index (χ3n) is 3.46. The van der Waals surface area contributed by atoms with Crippen LogP contribution in [0.4, 0.5) is 5.69 Å². The maximum Gasteiger partial charge on any atom is 0.101 e. The van der Waals surface area contributed by atoms with Crippen LogP contribution < -0.4 is 4.90 Å². The van der Waals surface area contributed by atoms with E-state index in [1.807, 2.05) is 12.1 Å². The number of halogens is 1. The molecule has 0 radical (unpaired) electrons. The van der Waals surface area contributed by atoms with E-state index in [-0.39, 0.29) is 0 Å². The lowest BCUT2D eigenvalue weighted by atomic mass is 10.2. The second kappa shape index (κ2) is 6.08. The van der Waals surface area contributed by atoms with Gasteiger partial charge in [-0.25, -0.2) is 0 Å². The molecule has 3 nitrogen and oxygen atoms in total. The molecule has 0 unspecified atom stereocenters. The van der Waals surface area contributed by atoms with Crippen molar-refractivity contribution in [2.75, 3.05) is 38.1 Å². The molecule has 0 aliphatic carbocycles. The van der Waals surface area contributed by atoms with Crippen molar-refractivity contribution in [2.45, 2.75) is 12.8 Å². The SMILES string of the molecule is CN(CCN1CCCC1)c1ccc(C#N)c(Cl)c1. The minimum atomic E-state index is 0.531. The van der Waals surface area contributed by atoms with E-state index in [9.17, 15) is 0 Å². The van der Waals surface area contributed by atoms with Crippen molar-refractivity contribution in [1.29, 1.82) is 5.26 Å². The van der Waals surface area contributed by atoms with Crippen molar-refractivity contribution in [3.63, 3.8) is 0 Å². The number of benzene rings is 1. The number of likely N-dealkylation sites (N-methyl/N-ethyl adjacent to an activating group) is 1. The predicted molar refractivity (Wildman–Crippen MR) is 75.1 cm³/mol. The molecule has 1 heterocycles. The fourth-order valence-electron chi connectivity index (χ4n) is 2.26. The zero-order valence-electron chi connectivity index (χ0n) is 10.7. The highest BCUT2D eigenvalue weighted by atomic mass is 35.5. The Morgan fingerprint density at radius 3 is 2.72 bits per heavy atom. The number of hydrogen-bond acceptors (Lipinski definition) is 3. The van der Waals surface area contributed by atoms with Crippen molar-refractivity contribution >= 4 is 17.3 Å². The Balaban J connectivity index is 1.93. The lowest BCUT2D eigenvalue weighted by Crippen LogP contribution is -2.31. The molecule has 18 heavy (non-hydrogen) atoms. The van der Waals surface area contributed by atoms with Gasteiger partial charge >= 0.3 is 0 Å². The first-order valence-corrected chi connectivity index (χ1v) is 6.71. The van der Waals surface area contributed by atoms with E-state index in [2.05, 4.69) is 22.9 Å². The Bertz CT molecular complexity index is 447. The van der Waals surface area contributed by atoms with E-state index in [0.29, 0.717) is 10.6 Å². The third-order valence-corrected chi connectivity index (χ3v) is 3.78. The lowest BCUT2D eigenvalue weighted by molar-refractivity contribution is 0.346. The molecule has 0 N–H and O–H groups in total. The van der Waals surface area contributed by atoms with Crippen LogP contribution in [0, 0.1) is 11.3 Å². The van der Waals surface area contributed by atoms with Crippen molar-refractivity contribution in [1.82, 2.24) is 4.90 Å². The summed E-state index contributed by atoms with van der Waals surface area (Å²) < 4.78 is 0. The zero-order chi connectivity index (χ0) is 13.0.